The molecule has 1 atom stereocenters. The predicted molar refractivity (Wildman–Crippen MR) is 128 cm³/mol. The fraction of sp³-hybridized carbons (Fsp3) is 0.192. The number of carboxylic acids is 1. The van der Waals surface area contributed by atoms with Crippen molar-refractivity contribution >= 4 is 21.4 Å². The van der Waals surface area contributed by atoms with Crippen molar-refractivity contribution < 1.29 is 18.3 Å². The molecule has 3 aromatic carbocycles. The van der Waals surface area contributed by atoms with Gasteiger partial charge in [-0.1, -0.05) is 72.3 Å². The average Bonchev–Trinajstić information content (AvgIpc) is 3.07. The zero-order chi connectivity index (χ0) is 23.8. The van der Waals surface area contributed by atoms with E-state index in [2.05, 4.69) is 0 Å². The first-order valence-electron chi connectivity index (χ1n) is 10.6. The van der Waals surface area contributed by atoms with Crippen molar-refractivity contribution in [2.45, 2.75) is 24.4 Å². The lowest BCUT2D eigenvalue weighted by atomic mass is 9.92. The number of carbonyl (C=O) groups is 1. The van der Waals surface area contributed by atoms with Crippen LogP contribution < -0.4 is 0 Å². The number of aliphatic carboxylic acids is 1. The van der Waals surface area contributed by atoms with E-state index in [-0.39, 0.29) is 10.6 Å². The standard InChI is InChI=1S/C26H26N2O4S/c1-18-9-11-20(12-10-18)23-24(21-13-15-22(16-14-21)33(3,31)32)27(2)28(25(23)26(29)30)17-19-7-5-4-6-8-19/h4-16,24H,17H2,1-3H3,(H,29,30). The molecule has 1 unspecified atom stereocenters. The van der Waals surface area contributed by atoms with Crippen LogP contribution in [0.3, 0.4) is 0 Å². The van der Waals surface area contributed by atoms with Crippen molar-refractivity contribution in [2.24, 2.45) is 0 Å². The first kappa shape index (κ1) is 22.8. The molecule has 0 amide bonds. The maximum absolute atomic E-state index is 12.6. The van der Waals surface area contributed by atoms with Crippen molar-refractivity contribution in [3.05, 3.63) is 107 Å². The smallest absolute Gasteiger partial charge is 0.353 e. The molecule has 1 aliphatic heterocycles. The molecule has 170 valence electrons. The van der Waals surface area contributed by atoms with Gasteiger partial charge in [0.2, 0.25) is 0 Å². The average molecular weight is 463 g/mol. The second-order valence-electron chi connectivity index (χ2n) is 8.29. The van der Waals surface area contributed by atoms with E-state index in [9.17, 15) is 18.3 Å². The fourth-order valence-electron chi connectivity index (χ4n) is 4.23. The Morgan fingerprint density at radius 3 is 2.09 bits per heavy atom. The largest absolute Gasteiger partial charge is 0.477 e. The summed E-state index contributed by atoms with van der Waals surface area (Å²) in [6.45, 7) is 2.38. The van der Waals surface area contributed by atoms with Gasteiger partial charge in [0.15, 0.2) is 9.84 Å². The van der Waals surface area contributed by atoms with Crippen molar-refractivity contribution in [3.8, 4) is 0 Å². The zero-order valence-electron chi connectivity index (χ0n) is 18.8. The van der Waals surface area contributed by atoms with Gasteiger partial charge in [0.05, 0.1) is 17.5 Å². The van der Waals surface area contributed by atoms with Crippen LogP contribution in [0.2, 0.25) is 0 Å². The van der Waals surface area contributed by atoms with E-state index in [4.69, 9.17) is 0 Å². The molecular formula is C26H26N2O4S. The van der Waals surface area contributed by atoms with Gasteiger partial charge in [-0.15, -0.1) is 0 Å². The summed E-state index contributed by atoms with van der Waals surface area (Å²) < 4.78 is 23.9. The number of aryl methyl sites for hydroxylation is 1. The van der Waals surface area contributed by atoms with Crippen LogP contribution in [0.5, 0.6) is 0 Å². The molecule has 0 saturated heterocycles. The van der Waals surface area contributed by atoms with E-state index in [0.29, 0.717) is 12.1 Å². The topological polar surface area (TPSA) is 77.9 Å². The number of carboxylic acid groups (broad SMARTS) is 1. The number of hydrogen-bond donors (Lipinski definition) is 1. The van der Waals surface area contributed by atoms with Crippen LogP contribution in [-0.2, 0) is 21.2 Å². The summed E-state index contributed by atoms with van der Waals surface area (Å²) in [7, 11) is -1.47. The van der Waals surface area contributed by atoms with Gasteiger partial charge in [0, 0.05) is 18.9 Å². The molecule has 0 radical (unpaired) electrons. The lowest BCUT2D eigenvalue weighted by Crippen LogP contribution is -2.37. The molecule has 4 rings (SSSR count). The van der Waals surface area contributed by atoms with Crippen LogP contribution in [0.25, 0.3) is 5.57 Å². The van der Waals surface area contributed by atoms with Gasteiger partial charge in [0.25, 0.3) is 0 Å². The van der Waals surface area contributed by atoms with E-state index in [1.54, 1.807) is 29.3 Å². The Morgan fingerprint density at radius 2 is 1.55 bits per heavy atom. The fourth-order valence-corrected chi connectivity index (χ4v) is 4.86. The molecule has 7 heteroatoms. The quantitative estimate of drug-likeness (QED) is 0.589. The minimum atomic E-state index is -3.33. The molecule has 0 aromatic heterocycles. The highest BCUT2D eigenvalue weighted by Crippen LogP contribution is 2.45. The van der Waals surface area contributed by atoms with Crippen molar-refractivity contribution in [1.29, 1.82) is 0 Å². The third-order valence-corrected chi connectivity index (χ3v) is 7.03. The molecule has 1 aliphatic rings. The van der Waals surface area contributed by atoms with E-state index < -0.39 is 21.8 Å². The van der Waals surface area contributed by atoms with Crippen LogP contribution in [0.1, 0.15) is 28.3 Å². The molecule has 1 heterocycles. The Morgan fingerprint density at radius 1 is 0.939 bits per heavy atom. The predicted octanol–water partition coefficient (Wildman–Crippen LogP) is 4.30. The third kappa shape index (κ3) is 4.55. The van der Waals surface area contributed by atoms with Crippen LogP contribution in [0.4, 0.5) is 0 Å². The SMILES string of the molecule is Cc1ccc(C2=C(C(=O)O)N(Cc3ccccc3)N(C)C2c2ccc(S(C)(=O)=O)cc2)cc1. The van der Waals surface area contributed by atoms with Gasteiger partial charge >= 0.3 is 5.97 Å². The zero-order valence-corrected chi connectivity index (χ0v) is 19.6. The van der Waals surface area contributed by atoms with Crippen LogP contribution >= 0.6 is 0 Å². The molecule has 0 saturated carbocycles. The molecule has 6 nitrogen and oxygen atoms in total. The first-order chi connectivity index (χ1) is 15.7. The van der Waals surface area contributed by atoms with Gasteiger partial charge in [-0.25, -0.2) is 18.2 Å². The van der Waals surface area contributed by atoms with E-state index in [1.165, 1.54) is 6.26 Å². The molecule has 0 fully saturated rings. The molecule has 0 bridgehead atoms. The Balaban J connectivity index is 1.88. The Bertz CT molecular complexity index is 1300. The summed E-state index contributed by atoms with van der Waals surface area (Å²) >= 11 is 0. The number of sulfone groups is 1. The summed E-state index contributed by atoms with van der Waals surface area (Å²) in [6.07, 6.45) is 1.17. The number of hydrogen-bond acceptors (Lipinski definition) is 5. The number of likely N-dealkylation sites (N-methyl/N-ethyl adjacent to an activating group) is 1. The van der Waals surface area contributed by atoms with Crippen molar-refractivity contribution in [2.75, 3.05) is 13.3 Å². The summed E-state index contributed by atoms with van der Waals surface area (Å²) in [5.41, 5.74) is 4.58. The molecule has 33 heavy (non-hydrogen) atoms. The highest BCUT2D eigenvalue weighted by molar-refractivity contribution is 7.90. The third-order valence-electron chi connectivity index (χ3n) is 5.91. The van der Waals surface area contributed by atoms with Gasteiger partial charge in [-0.3, -0.25) is 5.01 Å². The van der Waals surface area contributed by atoms with Gasteiger partial charge in [0.1, 0.15) is 5.70 Å². The molecule has 0 spiro atoms. The lowest BCUT2D eigenvalue weighted by Gasteiger charge is -2.32. The number of hydrazine groups is 1. The Kier molecular flexibility index (Phi) is 6.10. The summed E-state index contributed by atoms with van der Waals surface area (Å²) in [6, 6.07) is 23.8. The monoisotopic (exact) mass is 462 g/mol. The van der Waals surface area contributed by atoms with Crippen LogP contribution in [0, 0.1) is 6.92 Å². The maximum Gasteiger partial charge on any atom is 0.353 e. The second kappa shape index (κ2) is 8.84. The highest BCUT2D eigenvalue weighted by Gasteiger charge is 2.41. The van der Waals surface area contributed by atoms with Crippen molar-refractivity contribution in [1.82, 2.24) is 10.0 Å². The maximum atomic E-state index is 12.6. The van der Waals surface area contributed by atoms with Gasteiger partial charge < -0.3 is 5.11 Å². The Labute approximate surface area is 194 Å². The minimum absolute atomic E-state index is 0.211. The Hall–Kier alpha value is -3.42. The number of rotatable bonds is 6. The van der Waals surface area contributed by atoms with E-state index >= 15 is 0 Å². The normalized spacial score (nSPS) is 16.9. The van der Waals surface area contributed by atoms with Gasteiger partial charge in [-0.2, -0.15) is 0 Å². The first-order valence-corrected chi connectivity index (χ1v) is 12.4. The van der Waals surface area contributed by atoms with E-state index in [0.717, 1.165) is 22.3 Å². The number of benzene rings is 3. The van der Waals surface area contributed by atoms with E-state index in [1.807, 2.05) is 73.6 Å². The lowest BCUT2D eigenvalue weighted by molar-refractivity contribution is -0.136. The van der Waals surface area contributed by atoms with Crippen molar-refractivity contribution in [3.63, 3.8) is 0 Å². The number of nitrogens with zero attached hydrogens (tertiary/aromatic N) is 2. The van der Waals surface area contributed by atoms with Crippen LogP contribution in [-0.4, -0.2) is 42.8 Å². The summed E-state index contributed by atoms with van der Waals surface area (Å²) in [5.74, 6) is -1.01. The highest BCUT2D eigenvalue weighted by atomic mass is 32.2. The van der Waals surface area contributed by atoms with Gasteiger partial charge in [-0.05, 0) is 35.7 Å². The minimum Gasteiger partial charge on any atom is -0.477 e. The molecular weight excluding hydrogens is 436 g/mol. The molecule has 0 aliphatic carbocycles. The summed E-state index contributed by atoms with van der Waals surface area (Å²) in [4.78, 5) is 12.8. The van der Waals surface area contributed by atoms with Crippen LogP contribution in [0.15, 0.2) is 89.5 Å². The molecule has 3 aromatic rings. The second-order valence-corrected chi connectivity index (χ2v) is 10.3. The molecule has 1 N–H and O–H groups in total. The summed E-state index contributed by atoms with van der Waals surface area (Å²) in [5, 5.41) is 14.0.